The Kier molecular flexibility index (Phi) is 7.31. The zero-order valence-corrected chi connectivity index (χ0v) is 17.7. The predicted octanol–water partition coefficient (Wildman–Crippen LogP) is 2.40. The summed E-state index contributed by atoms with van der Waals surface area (Å²) >= 11 is 3.44. The highest BCUT2D eigenvalue weighted by molar-refractivity contribution is 9.10. The van der Waals surface area contributed by atoms with Gasteiger partial charge < -0.3 is 14.4 Å². The van der Waals surface area contributed by atoms with Gasteiger partial charge in [-0.2, -0.15) is 0 Å². The van der Waals surface area contributed by atoms with E-state index in [1.807, 2.05) is 6.92 Å². The van der Waals surface area contributed by atoms with E-state index in [-0.39, 0.29) is 18.5 Å². The smallest absolute Gasteiger partial charge is 0.254 e. The number of piperidine rings is 1. The van der Waals surface area contributed by atoms with Gasteiger partial charge in [-0.05, 0) is 54.2 Å². The van der Waals surface area contributed by atoms with E-state index in [4.69, 9.17) is 9.47 Å². The second-order valence-electron chi connectivity index (χ2n) is 6.19. The van der Waals surface area contributed by atoms with Crippen LogP contribution in [0.2, 0.25) is 0 Å². The molecule has 0 spiro atoms. The van der Waals surface area contributed by atoms with Gasteiger partial charge in [0.05, 0.1) is 24.4 Å². The van der Waals surface area contributed by atoms with Crippen molar-refractivity contribution in [2.45, 2.75) is 32.2 Å². The Morgan fingerprint density at radius 1 is 1.38 bits per heavy atom. The number of carbonyl (C=O) groups is 1. The molecule has 1 aliphatic heterocycles. The zero-order chi connectivity index (χ0) is 19.3. The minimum Gasteiger partial charge on any atom is -0.493 e. The van der Waals surface area contributed by atoms with Gasteiger partial charge in [0.2, 0.25) is 10.0 Å². The van der Waals surface area contributed by atoms with Crippen LogP contribution in [0.1, 0.15) is 36.5 Å². The van der Waals surface area contributed by atoms with Crippen molar-refractivity contribution in [3.05, 3.63) is 22.2 Å². The number of carbonyl (C=O) groups excluding carboxylic acids is 1. The van der Waals surface area contributed by atoms with Crippen LogP contribution in [0.4, 0.5) is 0 Å². The van der Waals surface area contributed by atoms with Crippen molar-refractivity contribution in [3.63, 3.8) is 0 Å². The molecule has 1 heterocycles. The number of methoxy groups -OCH3 is 1. The van der Waals surface area contributed by atoms with Crippen LogP contribution in [0.5, 0.6) is 11.5 Å². The molecule has 1 aliphatic rings. The molecule has 1 fully saturated rings. The molecule has 0 saturated carbocycles. The second kappa shape index (κ2) is 9.05. The van der Waals surface area contributed by atoms with Crippen LogP contribution in [0.15, 0.2) is 16.6 Å². The van der Waals surface area contributed by atoms with E-state index in [0.717, 1.165) is 25.5 Å². The van der Waals surface area contributed by atoms with Gasteiger partial charge in [-0.25, -0.2) is 13.1 Å². The lowest BCUT2D eigenvalue weighted by molar-refractivity contribution is 0.0618. The summed E-state index contributed by atoms with van der Waals surface area (Å²) in [7, 11) is -1.77. The molecule has 0 aromatic heterocycles. The lowest BCUT2D eigenvalue weighted by atomic mass is 10.0. The number of sulfonamides is 1. The Hall–Kier alpha value is -1.32. The van der Waals surface area contributed by atoms with Gasteiger partial charge in [0, 0.05) is 24.7 Å². The van der Waals surface area contributed by atoms with Gasteiger partial charge in [-0.3, -0.25) is 4.79 Å². The third-order valence-electron chi connectivity index (χ3n) is 4.23. The maximum Gasteiger partial charge on any atom is 0.254 e. The Morgan fingerprint density at radius 3 is 2.73 bits per heavy atom. The number of ether oxygens (including phenoxy) is 2. The molecule has 1 saturated heterocycles. The van der Waals surface area contributed by atoms with Gasteiger partial charge in [0.1, 0.15) is 0 Å². The molecule has 146 valence electrons. The molecule has 7 nitrogen and oxygen atoms in total. The van der Waals surface area contributed by atoms with Crippen molar-refractivity contribution in [1.29, 1.82) is 0 Å². The molecule has 0 aliphatic carbocycles. The van der Waals surface area contributed by atoms with Crippen molar-refractivity contribution < 1.29 is 22.7 Å². The van der Waals surface area contributed by atoms with E-state index in [2.05, 4.69) is 20.7 Å². The van der Waals surface area contributed by atoms with E-state index >= 15 is 0 Å². The summed E-state index contributed by atoms with van der Waals surface area (Å²) < 4.78 is 36.9. The lowest BCUT2D eigenvalue weighted by Gasteiger charge is -2.36. The molecule has 2 rings (SSSR count). The third kappa shape index (κ3) is 5.34. The highest BCUT2D eigenvalue weighted by Crippen LogP contribution is 2.37. The summed E-state index contributed by atoms with van der Waals surface area (Å²) in [6.45, 7) is 3.17. The minimum absolute atomic E-state index is 0.146. The first-order valence-corrected chi connectivity index (χ1v) is 11.2. The van der Waals surface area contributed by atoms with Crippen molar-refractivity contribution >= 4 is 31.9 Å². The Balaban J connectivity index is 2.26. The third-order valence-corrected chi connectivity index (χ3v) is 5.51. The van der Waals surface area contributed by atoms with Crippen LogP contribution in [-0.2, 0) is 10.0 Å². The summed E-state index contributed by atoms with van der Waals surface area (Å²) in [5.74, 6) is 0.889. The van der Waals surface area contributed by atoms with Gasteiger partial charge >= 0.3 is 0 Å². The van der Waals surface area contributed by atoms with Crippen LogP contribution >= 0.6 is 15.9 Å². The fraction of sp³-hybridized carbons (Fsp3) is 0.588. The number of nitrogens with one attached hydrogen (secondary N) is 1. The largest absolute Gasteiger partial charge is 0.493 e. The average Bonchev–Trinajstić information content (AvgIpc) is 2.60. The van der Waals surface area contributed by atoms with Crippen LogP contribution in [0.3, 0.4) is 0 Å². The SMILES string of the molecule is CCOc1c(Br)cc(C(=O)N2CCCCC2CNS(C)(=O)=O)cc1OC. The maximum atomic E-state index is 13.1. The number of hydrogen-bond donors (Lipinski definition) is 1. The molecule has 1 unspecified atom stereocenters. The lowest BCUT2D eigenvalue weighted by Crippen LogP contribution is -2.49. The van der Waals surface area contributed by atoms with Gasteiger partial charge in [0.15, 0.2) is 11.5 Å². The van der Waals surface area contributed by atoms with E-state index in [1.165, 1.54) is 7.11 Å². The summed E-state index contributed by atoms with van der Waals surface area (Å²) in [6.07, 6.45) is 3.76. The van der Waals surface area contributed by atoms with Crippen molar-refractivity contribution in [2.75, 3.05) is 33.1 Å². The molecule has 0 radical (unpaired) electrons. The fourth-order valence-electron chi connectivity index (χ4n) is 3.02. The predicted molar refractivity (Wildman–Crippen MR) is 103 cm³/mol. The fourth-order valence-corrected chi connectivity index (χ4v) is 4.07. The number of rotatable bonds is 7. The van der Waals surface area contributed by atoms with Gasteiger partial charge in [-0.1, -0.05) is 0 Å². The normalized spacial score (nSPS) is 17.8. The molecule has 1 aromatic rings. The van der Waals surface area contributed by atoms with Crippen LogP contribution < -0.4 is 14.2 Å². The molecule has 0 bridgehead atoms. The van der Waals surface area contributed by atoms with E-state index in [9.17, 15) is 13.2 Å². The first-order valence-electron chi connectivity index (χ1n) is 8.52. The quantitative estimate of drug-likeness (QED) is 0.691. The minimum atomic E-state index is -3.30. The van der Waals surface area contributed by atoms with Crippen molar-refractivity contribution in [2.24, 2.45) is 0 Å². The number of hydrogen-bond acceptors (Lipinski definition) is 5. The number of benzene rings is 1. The monoisotopic (exact) mass is 448 g/mol. The Morgan fingerprint density at radius 2 is 2.12 bits per heavy atom. The molecule has 1 aromatic carbocycles. The van der Waals surface area contributed by atoms with Crippen LogP contribution in [0, 0.1) is 0 Å². The Bertz CT molecular complexity index is 754. The molecule has 1 N–H and O–H groups in total. The van der Waals surface area contributed by atoms with Crippen molar-refractivity contribution in [1.82, 2.24) is 9.62 Å². The number of likely N-dealkylation sites (tertiary alicyclic amines) is 1. The first-order chi connectivity index (χ1) is 12.3. The molecule has 1 atom stereocenters. The number of halogens is 1. The van der Waals surface area contributed by atoms with Gasteiger partial charge in [0.25, 0.3) is 5.91 Å². The van der Waals surface area contributed by atoms with Crippen molar-refractivity contribution in [3.8, 4) is 11.5 Å². The average molecular weight is 449 g/mol. The Labute approximate surface area is 163 Å². The highest BCUT2D eigenvalue weighted by Gasteiger charge is 2.29. The summed E-state index contributed by atoms with van der Waals surface area (Å²) in [5, 5.41) is 0. The molecule has 26 heavy (non-hydrogen) atoms. The molecular weight excluding hydrogens is 424 g/mol. The number of amides is 1. The summed E-state index contributed by atoms with van der Waals surface area (Å²) in [5.41, 5.74) is 0.475. The summed E-state index contributed by atoms with van der Waals surface area (Å²) in [6, 6.07) is 3.21. The first kappa shape index (κ1) is 21.0. The van der Waals surface area contributed by atoms with Gasteiger partial charge in [-0.15, -0.1) is 0 Å². The second-order valence-corrected chi connectivity index (χ2v) is 8.88. The topological polar surface area (TPSA) is 84.9 Å². The summed E-state index contributed by atoms with van der Waals surface area (Å²) in [4.78, 5) is 14.8. The van der Waals surface area contributed by atoms with E-state index in [0.29, 0.717) is 34.7 Å². The van der Waals surface area contributed by atoms with E-state index in [1.54, 1.807) is 17.0 Å². The van der Waals surface area contributed by atoms with Crippen LogP contribution in [-0.4, -0.2) is 58.3 Å². The van der Waals surface area contributed by atoms with E-state index < -0.39 is 10.0 Å². The molecular formula is C17H25BrN2O5S. The zero-order valence-electron chi connectivity index (χ0n) is 15.2. The number of nitrogens with zero attached hydrogens (tertiary/aromatic N) is 1. The van der Waals surface area contributed by atoms with Crippen LogP contribution in [0.25, 0.3) is 0 Å². The highest BCUT2D eigenvalue weighted by atomic mass is 79.9. The molecule has 9 heteroatoms. The molecule has 1 amide bonds. The standard InChI is InChI=1S/C17H25BrN2O5S/c1-4-25-16-14(18)9-12(10-15(16)24-2)17(21)20-8-6-5-7-13(20)11-19-26(3,22)23/h9-10,13,19H,4-8,11H2,1-3H3. The maximum absolute atomic E-state index is 13.1.